The molecule has 2 aliphatic rings. The zero-order chi connectivity index (χ0) is 24.2. The number of nitrogens with one attached hydrogen (secondary N) is 2. The van der Waals surface area contributed by atoms with Crippen LogP contribution in [0.25, 0.3) is 0 Å². The Morgan fingerprint density at radius 3 is 2.80 bits per heavy atom. The maximum atomic E-state index is 12.3. The molecule has 0 unspecified atom stereocenters. The summed E-state index contributed by atoms with van der Waals surface area (Å²) in [7, 11) is 0. The van der Waals surface area contributed by atoms with Crippen LogP contribution in [-0.4, -0.2) is 17.4 Å². The molecule has 0 radical (unpaired) electrons. The van der Waals surface area contributed by atoms with Crippen molar-refractivity contribution in [2.75, 3.05) is 11.1 Å². The Labute approximate surface area is 219 Å². The third kappa shape index (κ3) is 5.54. The Morgan fingerprint density at radius 1 is 1.11 bits per heavy atom. The highest BCUT2D eigenvalue weighted by atomic mass is 79.9. The molecule has 6 heteroatoms. The molecule has 3 atom stereocenters. The van der Waals surface area contributed by atoms with Crippen molar-refractivity contribution in [1.29, 1.82) is 0 Å². The molecule has 1 heterocycles. The third-order valence-corrected chi connectivity index (χ3v) is 8.18. The fourth-order valence-electron chi connectivity index (χ4n) is 4.94. The van der Waals surface area contributed by atoms with Gasteiger partial charge in [-0.25, -0.2) is 5.43 Å². The summed E-state index contributed by atoms with van der Waals surface area (Å²) in [6, 6.07) is 25.6. The van der Waals surface area contributed by atoms with Crippen LogP contribution in [0.2, 0.25) is 0 Å². The highest BCUT2D eigenvalue weighted by Crippen LogP contribution is 2.49. The smallest absolute Gasteiger partial charge is 0.250 e. The maximum absolute atomic E-state index is 12.3. The quantitative estimate of drug-likeness (QED) is 0.190. The van der Waals surface area contributed by atoms with Crippen molar-refractivity contribution >= 4 is 45.0 Å². The molecule has 0 saturated carbocycles. The fraction of sp³-hybridized carbons (Fsp3) is 0.241. The summed E-state index contributed by atoms with van der Waals surface area (Å²) in [5.74, 6) is 1.95. The first-order chi connectivity index (χ1) is 17.1. The Hall–Kier alpha value is -2.83. The summed E-state index contributed by atoms with van der Waals surface area (Å²) in [6.45, 7) is 1.95. The first-order valence-electron chi connectivity index (χ1n) is 11.9. The van der Waals surface area contributed by atoms with E-state index in [4.69, 9.17) is 0 Å². The van der Waals surface area contributed by atoms with Gasteiger partial charge >= 0.3 is 0 Å². The van der Waals surface area contributed by atoms with E-state index in [0.29, 0.717) is 23.6 Å². The van der Waals surface area contributed by atoms with Crippen LogP contribution in [-0.2, 0) is 10.5 Å². The van der Waals surface area contributed by atoms with Gasteiger partial charge in [0.1, 0.15) is 0 Å². The van der Waals surface area contributed by atoms with Crippen LogP contribution < -0.4 is 10.7 Å². The molecule has 1 aliphatic heterocycles. The van der Waals surface area contributed by atoms with Crippen molar-refractivity contribution in [3.8, 4) is 0 Å². The van der Waals surface area contributed by atoms with Gasteiger partial charge in [0.05, 0.1) is 17.5 Å². The van der Waals surface area contributed by atoms with Gasteiger partial charge in [-0.05, 0) is 65.8 Å². The molecular weight excluding hydrogens is 518 g/mol. The van der Waals surface area contributed by atoms with E-state index in [9.17, 15) is 4.79 Å². The van der Waals surface area contributed by atoms with Crippen molar-refractivity contribution in [2.24, 2.45) is 11.0 Å². The topological polar surface area (TPSA) is 53.5 Å². The predicted octanol–water partition coefficient (Wildman–Crippen LogP) is 7.05. The van der Waals surface area contributed by atoms with Crippen LogP contribution in [0.15, 0.2) is 94.5 Å². The standard InChI is InChI=1S/C29H28BrN3OS/c1-19(32-33-28(34)18-35-17-20-7-5-10-23(30)15-20)22-13-14-27-26(16-22)24-11-6-12-25(24)29(31-27)21-8-3-2-4-9-21/h2-11,13-16,24-25,29,31H,12,17-18H2,1H3,(H,33,34)/b32-19-/t24-,25+,29+/m1/s1. The van der Waals surface area contributed by atoms with E-state index in [1.165, 1.54) is 22.4 Å². The number of thioether (sulfide) groups is 1. The molecular formula is C29H28BrN3OS. The monoisotopic (exact) mass is 545 g/mol. The molecule has 0 aromatic heterocycles. The number of amides is 1. The minimum Gasteiger partial charge on any atom is -0.378 e. The molecule has 3 aromatic rings. The number of nitrogens with zero attached hydrogens (tertiary/aromatic N) is 1. The lowest BCUT2D eigenvalue weighted by molar-refractivity contribution is -0.118. The maximum Gasteiger partial charge on any atom is 0.250 e. The number of hydrogen-bond acceptors (Lipinski definition) is 4. The molecule has 3 aromatic carbocycles. The molecule has 2 N–H and O–H groups in total. The van der Waals surface area contributed by atoms with Crippen LogP contribution in [0.1, 0.15) is 47.6 Å². The van der Waals surface area contributed by atoms with Crippen LogP contribution in [0.4, 0.5) is 5.69 Å². The second-order valence-corrected chi connectivity index (χ2v) is 10.9. The normalized spacial score (nSPS) is 20.6. The number of benzene rings is 3. The van der Waals surface area contributed by atoms with Gasteiger partial charge in [0.25, 0.3) is 0 Å². The number of rotatable bonds is 7. The van der Waals surface area contributed by atoms with Gasteiger partial charge in [-0.2, -0.15) is 5.10 Å². The zero-order valence-corrected chi connectivity index (χ0v) is 22.0. The van der Waals surface area contributed by atoms with E-state index in [1.54, 1.807) is 11.8 Å². The number of fused-ring (bicyclic) bond motifs is 3. The first kappa shape index (κ1) is 23.9. The SMILES string of the molecule is C/C(=N/NC(=O)CSCc1cccc(Br)c1)c1ccc2c(c1)[C@@H]1C=CC[C@@H]1[C@H](c1ccccc1)N2. The molecule has 1 amide bonds. The van der Waals surface area contributed by atoms with Gasteiger partial charge in [-0.1, -0.05) is 76.6 Å². The molecule has 5 rings (SSSR count). The lowest BCUT2D eigenvalue weighted by Crippen LogP contribution is -2.29. The van der Waals surface area contributed by atoms with E-state index in [1.807, 2.05) is 19.1 Å². The number of hydrogen-bond donors (Lipinski definition) is 2. The Balaban J connectivity index is 1.24. The van der Waals surface area contributed by atoms with Crippen LogP contribution >= 0.6 is 27.7 Å². The van der Waals surface area contributed by atoms with Crippen molar-refractivity contribution < 1.29 is 4.79 Å². The molecule has 35 heavy (non-hydrogen) atoms. The van der Waals surface area contributed by atoms with Gasteiger partial charge in [-0.15, -0.1) is 11.8 Å². The van der Waals surface area contributed by atoms with E-state index >= 15 is 0 Å². The Morgan fingerprint density at radius 2 is 1.97 bits per heavy atom. The lowest BCUT2D eigenvalue weighted by Gasteiger charge is -2.37. The van der Waals surface area contributed by atoms with Gasteiger partial charge in [0, 0.05) is 21.8 Å². The van der Waals surface area contributed by atoms with E-state index in [2.05, 4.69) is 105 Å². The van der Waals surface area contributed by atoms with Crippen LogP contribution in [0.5, 0.6) is 0 Å². The largest absolute Gasteiger partial charge is 0.378 e. The van der Waals surface area contributed by atoms with Gasteiger partial charge < -0.3 is 5.32 Å². The average Bonchev–Trinajstić information content (AvgIpc) is 3.37. The first-order valence-corrected chi connectivity index (χ1v) is 13.8. The second kappa shape index (κ2) is 10.8. The van der Waals surface area contributed by atoms with Crippen molar-refractivity contribution in [2.45, 2.75) is 31.1 Å². The zero-order valence-electron chi connectivity index (χ0n) is 19.6. The minimum absolute atomic E-state index is 0.0894. The molecule has 0 saturated heterocycles. The number of carbonyl (C=O) groups is 1. The molecule has 1 aliphatic carbocycles. The number of anilines is 1. The second-order valence-electron chi connectivity index (χ2n) is 9.04. The van der Waals surface area contributed by atoms with Gasteiger partial charge in [-0.3, -0.25) is 4.79 Å². The van der Waals surface area contributed by atoms with Crippen molar-refractivity contribution in [1.82, 2.24) is 5.43 Å². The molecule has 0 bridgehead atoms. The van der Waals surface area contributed by atoms with Gasteiger partial charge in [0.15, 0.2) is 0 Å². The average molecular weight is 547 g/mol. The lowest BCUT2D eigenvalue weighted by atomic mass is 9.76. The van der Waals surface area contributed by atoms with E-state index < -0.39 is 0 Å². The molecule has 0 spiro atoms. The summed E-state index contributed by atoms with van der Waals surface area (Å²) in [4.78, 5) is 12.3. The number of hydrazone groups is 1. The summed E-state index contributed by atoms with van der Waals surface area (Å²) in [5, 5.41) is 8.17. The Bertz CT molecular complexity index is 1270. The van der Waals surface area contributed by atoms with Gasteiger partial charge in [0.2, 0.25) is 5.91 Å². The predicted molar refractivity (Wildman–Crippen MR) is 150 cm³/mol. The summed E-state index contributed by atoms with van der Waals surface area (Å²) in [6.07, 6.45) is 5.73. The highest BCUT2D eigenvalue weighted by molar-refractivity contribution is 9.10. The van der Waals surface area contributed by atoms with Crippen LogP contribution in [0, 0.1) is 5.92 Å². The van der Waals surface area contributed by atoms with Crippen molar-refractivity contribution in [3.05, 3.63) is 112 Å². The van der Waals surface area contributed by atoms with Crippen molar-refractivity contribution in [3.63, 3.8) is 0 Å². The minimum atomic E-state index is -0.0894. The van der Waals surface area contributed by atoms with E-state index in [-0.39, 0.29) is 5.91 Å². The third-order valence-electron chi connectivity index (χ3n) is 6.68. The summed E-state index contributed by atoms with van der Waals surface area (Å²) < 4.78 is 1.05. The molecule has 178 valence electrons. The number of allylic oxidation sites excluding steroid dienone is 2. The Kier molecular flexibility index (Phi) is 7.40. The summed E-state index contributed by atoms with van der Waals surface area (Å²) in [5.41, 5.74) is 9.56. The molecule has 0 fully saturated rings. The summed E-state index contributed by atoms with van der Waals surface area (Å²) >= 11 is 5.06. The highest BCUT2D eigenvalue weighted by Gasteiger charge is 2.37. The van der Waals surface area contributed by atoms with E-state index in [0.717, 1.165) is 27.9 Å². The molecule has 4 nitrogen and oxygen atoms in total. The number of carbonyl (C=O) groups excluding carboxylic acids is 1. The van der Waals surface area contributed by atoms with Crippen LogP contribution in [0.3, 0.4) is 0 Å². The fourth-order valence-corrected chi connectivity index (χ4v) is 6.16. The number of halogens is 1.